The second-order valence-electron chi connectivity index (χ2n) is 6.53. The Morgan fingerprint density at radius 1 is 1.08 bits per heavy atom. The number of nitrogens with two attached hydrogens (primary N) is 1. The molecule has 1 aliphatic carbocycles. The van der Waals surface area contributed by atoms with E-state index in [-0.39, 0.29) is 17.5 Å². The molecule has 130 valence electrons. The van der Waals surface area contributed by atoms with Crippen LogP contribution < -0.4 is 11.1 Å². The number of carbonyl (C=O) groups excluding carboxylic acids is 2. The van der Waals surface area contributed by atoms with Gasteiger partial charge in [-0.2, -0.15) is 0 Å². The van der Waals surface area contributed by atoms with Crippen molar-refractivity contribution < 1.29 is 14.0 Å². The van der Waals surface area contributed by atoms with Gasteiger partial charge in [0, 0.05) is 17.2 Å². The van der Waals surface area contributed by atoms with E-state index in [1.807, 2.05) is 0 Å². The van der Waals surface area contributed by atoms with Crippen molar-refractivity contribution in [2.75, 3.05) is 0 Å². The van der Waals surface area contributed by atoms with Crippen molar-refractivity contribution in [2.24, 2.45) is 5.73 Å². The molecular formula is C20H21FN2O2. The molecule has 2 aromatic rings. The number of benzene rings is 2. The number of halogens is 1. The first-order valence-electron chi connectivity index (χ1n) is 8.47. The third-order valence-electron chi connectivity index (χ3n) is 4.78. The minimum Gasteiger partial charge on any atom is -0.366 e. The summed E-state index contributed by atoms with van der Waals surface area (Å²) in [6.45, 7) is 1.65. The number of amides is 2. The number of rotatable bonds is 4. The van der Waals surface area contributed by atoms with Gasteiger partial charge in [0.1, 0.15) is 5.82 Å². The van der Waals surface area contributed by atoms with E-state index in [0.29, 0.717) is 16.7 Å². The Labute approximate surface area is 146 Å². The van der Waals surface area contributed by atoms with Crippen LogP contribution in [0.25, 0.3) is 11.1 Å². The second-order valence-corrected chi connectivity index (χ2v) is 6.53. The van der Waals surface area contributed by atoms with E-state index in [0.717, 1.165) is 37.3 Å². The van der Waals surface area contributed by atoms with Crippen molar-refractivity contribution in [1.82, 2.24) is 5.32 Å². The Kier molecular flexibility index (Phi) is 4.83. The number of primary amides is 1. The normalized spacial score (nSPS) is 14.5. The highest BCUT2D eigenvalue weighted by atomic mass is 19.1. The molecule has 4 nitrogen and oxygen atoms in total. The van der Waals surface area contributed by atoms with Crippen LogP contribution >= 0.6 is 0 Å². The van der Waals surface area contributed by atoms with Crippen LogP contribution in [0.3, 0.4) is 0 Å². The van der Waals surface area contributed by atoms with Gasteiger partial charge in [0.05, 0.1) is 0 Å². The van der Waals surface area contributed by atoms with Gasteiger partial charge in [-0.3, -0.25) is 9.59 Å². The summed E-state index contributed by atoms with van der Waals surface area (Å²) in [5.41, 5.74) is 7.72. The molecule has 1 saturated carbocycles. The standard InChI is InChI=1S/C20H21FN2O2/c1-12-17(10-15(19(22)24)11-18(12)21)13-6-8-14(9-7-13)20(25)23-16-4-2-3-5-16/h6-11,16H,2-5H2,1H3,(H2,22,24)(H,23,25). The van der Waals surface area contributed by atoms with Gasteiger partial charge >= 0.3 is 0 Å². The molecule has 3 rings (SSSR count). The number of carbonyl (C=O) groups is 2. The van der Waals surface area contributed by atoms with E-state index in [4.69, 9.17) is 5.73 Å². The van der Waals surface area contributed by atoms with Crippen LogP contribution in [0.2, 0.25) is 0 Å². The summed E-state index contributed by atoms with van der Waals surface area (Å²) in [6.07, 6.45) is 4.38. The van der Waals surface area contributed by atoms with E-state index in [1.165, 1.54) is 0 Å². The largest absolute Gasteiger partial charge is 0.366 e. The third kappa shape index (κ3) is 3.71. The van der Waals surface area contributed by atoms with Crippen molar-refractivity contribution in [3.05, 3.63) is 58.9 Å². The van der Waals surface area contributed by atoms with Gasteiger partial charge < -0.3 is 11.1 Å². The third-order valence-corrected chi connectivity index (χ3v) is 4.78. The summed E-state index contributed by atoms with van der Waals surface area (Å²) in [4.78, 5) is 23.6. The van der Waals surface area contributed by atoms with Gasteiger partial charge in [-0.25, -0.2) is 4.39 Å². The Morgan fingerprint density at radius 2 is 1.72 bits per heavy atom. The first kappa shape index (κ1) is 17.1. The SMILES string of the molecule is Cc1c(F)cc(C(N)=O)cc1-c1ccc(C(=O)NC2CCCC2)cc1. The maximum absolute atomic E-state index is 14.0. The minimum absolute atomic E-state index is 0.0905. The number of nitrogens with one attached hydrogen (secondary N) is 1. The average Bonchev–Trinajstić information content (AvgIpc) is 3.10. The summed E-state index contributed by atoms with van der Waals surface area (Å²) in [7, 11) is 0. The van der Waals surface area contributed by atoms with Gasteiger partial charge in [-0.15, -0.1) is 0 Å². The zero-order valence-electron chi connectivity index (χ0n) is 14.1. The van der Waals surface area contributed by atoms with Gasteiger partial charge in [-0.1, -0.05) is 25.0 Å². The predicted octanol–water partition coefficient (Wildman–Crippen LogP) is 3.57. The van der Waals surface area contributed by atoms with Crippen molar-refractivity contribution in [1.29, 1.82) is 0 Å². The topological polar surface area (TPSA) is 72.2 Å². The fraction of sp³-hybridized carbons (Fsp3) is 0.300. The fourth-order valence-electron chi connectivity index (χ4n) is 3.26. The van der Waals surface area contributed by atoms with E-state index in [9.17, 15) is 14.0 Å². The van der Waals surface area contributed by atoms with E-state index < -0.39 is 11.7 Å². The van der Waals surface area contributed by atoms with Crippen molar-refractivity contribution >= 4 is 11.8 Å². The van der Waals surface area contributed by atoms with Gasteiger partial charge in [-0.05, 0) is 60.7 Å². The smallest absolute Gasteiger partial charge is 0.251 e. The molecule has 0 saturated heterocycles. The van der Waals surface area contributed by atoms with E-state index in [1.54, 1.807) is 37.3 Å². The summed E-state index contributed by atoms with van der Waals surface area (Å²) in [5, 5.41) is 3.04. The quantitative estimate of drug-likeness (QED) is 0.893. The van der Waals surface area contributed by atoms with Crippen LogP contribution in [0.4, 0.5) is 4.39 Å². The monoisotopic (exact) mass is 340 g/mol. The highest BCUT2D eigenvalue weighted by Gasteiger charge is 2.18. The molecule has 1 fully saturated rings. The van der Waals surface area contributed by atoms with Crippen LogP contribution in [0.1, 0.15) is 52.0 Å². The lowest BCUT2D eigenvalue weighted by molar-refractivity contribution is 0.0937. The molecule has 1 aliphatic rings. The Hall–Kier alpha value is -2.69. The lowest BCUT2D eigenvalue weighted by Gasteiger charge is -2.13. The second kappa shape index (κ2) is 7.05. The minimum atomic E-state index is -0.673. The summed E-state index contributed by atoms with van der Waals surface area (Å²) < 4.78 is 14.0. The molecular weight excluding hydrogens is 319 g/mol. The Morgan fingerprint density at radius 3 is 2.32 bits per heavy atom. The average molecular weight is 340 g/mol. The molecule has 25 heavy (non-hydrogen) atoms. The summed E-state index contributed by atoms with van der Waals surface area (Å²) in [5.74, 6) is -1.24. The molecule has 0 bridgehead atoms. The molecule has 0 aliphatic heterocycles. The van der Waals surface area contributed by atoms with Crippen LogP contribution in [0.15, 0.2) is 36.4 Å². The molecule has 0 aromatic heterocycles. The molecule has 0 spiro atoms. The van der Waals surface area contributed by atoms with Crippen molar-refractivity contribution in [3.8, 4) is 11.1 Å². The maximum atomic E-state index is 14.0. The van der Waals surface area contributed by atoms with Crippen LogP contribution in [0.5, 0.6) is 0 Å². The van der Waals surface area contributed by atoms with Crippen LogP contribution in [0, 0.1) is 12.7 Å². The zero-order valence-corrected chi connectivity index (χ0v) is 14.1. The first-order valence-corrected chi connectivity index (χ1v) is 8.47. The van der Waals surface area contributed by atoms with Crippen molar-refractivity contribution in [2.45, 2.75) is 38.6 Å². The first-order chi connectivity index (χ1) is 12.0. The van der Waals surface area contributed by atoms with E-state index >= 15 is 0 Å². The number of hydrogen-bond acceptors (Lipinski definition) is 2. The molecule has 0 atom stereocenters. The van der Waals surface area contributed by atoms with Gasteiger partial charge in [0.15, 0.2) is 0 Å². The highest BCUT2D eigenvalue weighted by Crippen LogP contribution is 2.27. The zero-order chi connectivity index (χ0) is 18.0. The molecule has 0 radical (unpaired) electrons. The summed E-state index contributed by atoms with van der Waals surface area (Å²) >= 11 is 0. The fourth-order valence-corrected chi connectivity index (χ4v) is 3.26. The highest BCUT2D eigenvalue weighted by molar-refractivity contribution is 5.96. The van der Waals surface area contributed by atoms with Crippen LogP contribution in [-0.4, -0.2) is 17.9 Å². The molecule has 0 unspecified atom stereocenters. The van der Waals surface area contributed by atoms with Crippen molar-refractivity contribution in [3.63, 3.8) is 0 Å². The Bertz CT molecular complexity index is 809. The molecule has 0 heterocycles. The lowest BCUT2D eigenvalue weighted by Crippen LogP contribution is -2.32. The Balaban J connectivity index is 1.85. The molecule has 2 amide bonds. The molecule has 3 N–H and O–H groups in total. The maximum Gasteiger partial charge on any atom is 0.251 e. The van der Waals surface area contributed by atoms with Gasteiger partial charge in [0.2, 0.25) is 5.91 Å². The molecule has 5 heteroatoms. The molecule has 2 aromatic carbocycles. The van der Waals surface area contributed by atoms with E-state index in [2.05, 4.69) is 5.32 Å². The number of hydrogen-bond donors (Lipinski definition) is 2. The van der Waals surface area contributed by atoms with Crippen LogP contribution in [-0.2, 0) is 0 Å². The lowest BCUT2D eigenvalue weighted by atomic mass is 9.96. The predicted molar refractivity (Wildman–Crippen MR) is 94.8 cm³/mol. The summed E-state index contributed by atoms with van der Waals surface area (Å²) in [6, 6.07) is 9.93. The van der Waals surface area contributed by atoms with Gasteiger partial charge in [0.25, 0.3) is 5.91 Å².